The number of para-hydroxylation sites is 1. The minimum atomic E-state index is -0.250. The highest BCUT2D eigenvalue weighted by atomic mass is 16.5. The Balaban J connectivity index is 0.000000775. The number of nitrogens with two attached hydrogens (primary N) is 1. The predicted octanol–water partition coefficient (Wildman–Crippen LogP) is 5.52. The number of carbonyl (C=O) groups is 1. The molecule has 7 heteroatoms. The van der Waals surface area contributed by atoms with Crippen molar-refractivity contribution in [1.29, 1.82) is 0 Å². The number of rotatable bonds is 4. The second-order valence-electron chi connectivity index (χ2n) is 7.73. The number of benzene rings is 2. The minimum Gasteiger partial charge on any atom is -0.483 e. The molecule has 0 unspecified atom stereocenters. The van der Waals surface area contributed by atoms with Crippen LogP contribution in [-0.4, -0.2) is 25.9 Å². The van der Waals surface area contributed by atoms with Crippen molar-refractivity contribution in [3.05, 3.63) is 72.8 Å². The quantitative estimate of drug-likeness (QED) is 0.413. The molecule has 2 heterocycles. The van der Waals surface area contributed by atoms with Crippen molar-refractivity contribution in [2.45, 2.75) is 38.0 Å². The summed E-state index contributed by atoms with van der Waals surface area (Å²) in [5.41, 5.74) is 9.08. The van der Waals surface area contributed by atoms with Gasteiger partial charge < -0.3 is 15.6 Å². The summed E-state index contributed by atoms with van der Waals surface area (Å²) in [6.07, 6.45) is 9.96. The van der Waals surface area contributed by atoms with Gasteiger partial charge in [-0.2, -0.15) is 0 Å². The molecule has 0 bridgehead atoms. The Morgan fingerprint density at radius 2 is 1.66 bits per heavy atom. The lowest BCUT2D eigenvalue weighted by Gasteiger charge is -2.20. The topological polar surface area (TPSA) is 103 Å². The fourth-order valence-electron chi connectivity index (χ4n) is 4.24. The van der Waals surface area contributed by atoms with Crippen molar-refractivity contribution in [1.82, 2.24) is 14.4 Å². The Morgan fingerprint density at radius 3 is 2.34 bits per heavy atom. The van der Waals surface area contributed by atoms with Crippen LogP contribution in [-0.2, 0) is 4.79 Å². The molecule has 1 aliphatic carbocycles. The molecule has 1 fully saturated rings. The zero-order valence-corrected chi connectivity index (χ0v) is 17.7. The van der Waals surface area contributed by atoms with Gasteiger partial charge in [-0.05, 0) is 49.2 Å². The minimum absolute atomic E-state index is 0.250. The summed E-state index contributed by atoms with van der Waals surface area (Å²) >= 11 is 0. The molecule has 32 heavy (non-hydrogen) atoms. The average molecular weight is 431 g/mol. The first-order valence-electron chi connectivity index (χ1n) is 10.7. The van der Waals surface area contributed by atoms with Gasteiger partial charge in [0.15, 0.2) is 0 Å². The van der Waals surface area contributed by atoms with Crippen LogP contribution in [0.25, 0.3) is 16.8 Å². The number of nitrogens with zero attached hydrogens (tertiary/aromatic N) is 3. The van der Waals surface area contributed by atoms with Crippen LogP contribution in [0.5, 0.6) is 11.5 Å². The Morgan fingerprint density at radius 1 is 1.00 bits per heavy atom. The van der Waals surface area contributed by atoms with Crippen molar-refractivity contribution < 1.29 is 14.6 Å². The van der Waals surface area contributed by atoms with Crippen LogP contribution in [0.3, 0.4) is 0 Å². The molecular weight excluding hydrogens is 404 g/mol. The molecule has 2 aromatic heterocycles. The standard InChI is InChI=1S/C24H24N4O.CH2O2/c25-23-22-21(17-11-13-20(14-12-17)29-19-9-5-2-6-10-19)27-24(28(22)16-15-26-23)18-7-3-1-4-8-18;2-1-3/h2,5-6,9-16,18H,1,3-4,7-8H2,(H2,25,26);1H,(H,2,3). The largest absolute Gasteiger partial charge is 0.483 e. The van der Waals surface area contributed by atoms with Gasteiger partial charge in [-0.1, -0.05) is 37.5 Å². The van der Waals surface area contributed by atoms with Crippen LogP contribution >= 0.6 is 0 Å². The summed E-state index contributed by atoms with van der Waals surface area (Å²) in [6, 6.07) is 17.8. The lowest BCUT2D eigenvalue weighted by atomic mass is 9.89. The molecule has 164 valence electrons. The maximum absolute atomic E-state index is 8.36. The zero-order valence-electron chi connectivity index (χ0n) is 17.7. The third-order valence-corrected chi connectivity index (χ3v) is 5.69. The van der Waals surface area contributed by atoms with Gasteiger partial charge in [0, 0.05) is 23.9 Å². The van der Waals surface area contributed by atoms with E-state index in [4.69, 9.17) is 25.4 Å². The van der Waals surface area contributed by atoms with E-state index in [0.717, 1.165) is 34.1 Å². The molecule has 4 aromatic rings. The fourth-order valence-corrected chi connectivity index (χ4v) is 4.24. The molecule has 5 rings (SSSR count). The summed E-state index contributed by atoms with van der Waals surface area (Å²) in [5.74, 6) is 3.71. The molecular formula is C25H26N4O3. The van der Waals surface area contributed by atoms with Gasteiger partial charge in [-0.3, -0.25) is 9.20 Å². The Hall–Kier alpha value is -3.87. The van der Waals surface area contributed by atoms with Crippen molar-refractivity contribution in [2.75, 3.05) is 5.73 Å². The lowest BCUT2D eigenvalue weighted by Crippen LogP contribution is -2.09. The fraction of sp³-hybridized carbons (Fsp3) is 0.240. The van der Waals surface area contributed by atoms with Gasteiger partial charge in [0.1, 0.15) is 34.4 Å². The van der Waals surface area contributed by atoms with Crippen molar-refractivity contribution >= 4 is 17.8 Å². The highest BCUT2D eigenvalue weighted by Gasteiger charge is 2.24. The molecule has 2 aromatic carbocycles. The number of aromatic nitrogens is 3. The first-order chi connectivity index (χ1) is 15.7. The number of hydrogen-bond donors (Lipinski definition) is 2. The molecule has 0 aliphatic heterocycles. The van der Waals surface area contributed by atoms with Gasteiger partial charge in [-0.25, -0.2) is 9.97 Å². The van der Waals surface area contributed by atoms with E-state index in [-0.39, 0.29) is 6.47 Å². The Bertz CT molecular complexity index is 1170. The first-order valence-corrected chi connectivity index (χ1v) is 10.7. The van der Waals surface area contributed by atoms with E-state index in [0.29, 0.717) is 11.7 Å². The van der Waals surface area contributed by atoms with E-state index < -0.39 is 0 Å². The highest BCUT2D eigenvalue weighted by Crippen LogP contribution is 2.37. The van der Waals surface area contributed by atoms with Crippen LogP contribution in [0.1, 0.15) is 43.8 Å². The van der Waals surface area contributed by atoms with E-state index in [1.807, 2.05) is 60.8 Å². The van der Waals surface area contributed by atoms with E-state index in [1.165, 1.54) is 32.1 Å². The summed E-state index contributed by atoms with van der Waals surface area (Å²) in [4.78, 5) is 17.7. The van der Waals surface area contributed by atoms with Gasteiger partial charge in [0.25, 0.3) is 6.47 Å². The van der Waals surface area contributed by atoms with Gasteiger partial charge >= 0.3 is 0 Å². The van der Waals surface area contributed by atoms with Gasteiger partial charge in [0.2, 0.25) is 0 Å². The Kier molecular flexibility index (Phi) is 6.65. The Labute approximate surface area is 186 Å². The van der Waals surface area contributed by atoms with Gasteiger partial charge in [-0.15, -0.1) is 0 Å². The first kappa shape index (κ1) is 21.4. The molecule has 0 saturated heterocycles. The molecule has 3 N–H and O–H groups in total. The summed E-state index contributed by atoms with van der Waals surface area (Å²) in [5, 5.41) is 6.89. The van der Waals surface area contributed by atoms with Gasteiger partial charge in [0.05, 0.1) is 0 Å². The normalized spacial score (nSPS) is 13.9. The van der Waals surface area contributed by atoms with E-state index >= 15 is 0 Å². The molecule has 1 aliphatic rings. The zero-order chi connectivity index (χ0) is 22.3. The monoisotopic (exact) mass is 430 g/mol. The highest BCUT2D eigenvalue weighted by molar-refractivity contribution is 5.85. The summed E-state index contributed by atoms with van der Waals surface area (Å²) in [7, 11) is 0. The van der Waals surface area contributed by atoms with Crippen molar-refractivity contribution in [3.8, 4) is 22.8 Å². The predicted molar refractivity (Wildman–Crippen MR) is 124 cm³/mol. The van der Waals surface area contributed by atoms with Crippen molar-refractivity contribution in [2.24, 2.45) is 0 Å². The number of hydrogen-bond acceptors (Lipinski definition) is 5. The maximum atomic E-state index is 8.36. The van der Waals surface area contributed by atoms with Crippen molar-refractivity contribution in [3.63, 3.8) is 0 Å². The molecule has 0 amide bonds. The molecule has 1 saturated carbocycles. The number of fused-ring (bicyclic) bond motifs is 1. The van der Waals surface area contributed by atoms with Crippen LogP contribution in [0.15, 0.2) is 67.0 Å². The number of imidazole rings is 1. The maximum Gasteiger partial charge on any atom is 0.290 e. The molecule has 7 nitrogen and oxygen atoms in total. The number of anilines is 1. The SMILES string of the molecule is Nc1nccn2c(C3CCCCC3)nc(-c3ccc(Oc4ccccc4)cc3)c12.O=CO. The second-order valence-corrected chi connectivity index (χ2v) is 7.73. The number of nitrogen functional groups attached to an aromatic ring is 1. The van der Waals surface area contributed by atoms with Crippen LogP contribution in [0.2, 0.25) is 0 Å². The summed E-state index contributed by atoms with van der Waals surface area (Å²) < 4.78 is 8.06. The molecule has 0 atom stereocenters. The lowest BCUT2D eigenvalue weighted by molar-refractivity contribution is -0.122. The van der Waals surface area contributed by atoms with E-state index in [1.54, 1.807) is 6.20 Å². The number of ether oxygens (including phenoxy) is 1. The van der Waals surface area contributed by atoms with Crippen LogP contribution in [0, 0.1) is 0 Å². The molecule has 0 spiro atoms. The second kappa shape index (κ2) is 9.96. The smallest absolute Gasteiger partial charge is 0.290 e. The van der Waals surface area contributed by atoms with Crippen LogP contribution < -0.4 is 10.5 Å². The van der Waals surface area contributed by atoms with E-state index in [9.17, 15) is 0 Å². The van der Waals surface area contributed by atoms with E-state index in [2.05, 4.69) is 9.38 Å². The third-order valence-electron chi connectivity index (χ3n) is 5.69. The molecule has 0 radical (unpaired) electrons. The average Bonchev–Trinajstić information content (AvgIpc) is 3.22. The van der Waals surface area contributed by atoms with Crippen LogP contribution in [0.4, 0.5) is 5.82 Å². The third kappa shape index (κ3) is 4.56. The number of carboxylic acid groups (broad SMARTS) is 1. The summed E-state index contributed by atoms with van der Waals surface area (Å²) in [6.45, 7) is -0.250.